The Labute approximate surface area is 211 Å². The number of hydrogen-bond donors (Lipinski definition) is 0. The average molecular weight is 531 g/mol. The molecule has 0 spiro atoms. The van der Waals surface area contributed by atoms with E-state index in [1.807, 2.05) is 0 Å². The lowest BCUT2D eigenvalue weighted by atomic mass is 10.1. The molecule has 0 aliphatic rings. The third-order valence-corrected chi connectivity index (χ3v) is 5.42. The number of benzene rings is 3. The van der Waals surface area contributed by atoms with Gasteiger partial charge in [-0.1, -0.05) is 41.4 Å². The maximum Gasteiger partial charge on any atom is 0.284 e. The molecule has 0 atom stereocenters. The highest BCUT2D eigenvalue weighted by molar-refractivity contribution is 6.52. The fourth-order valence-corrected chi connectivity index (χ4v) is 3.73. The molecule has 0 N–H and O–H groups in total. The largest absolute Gasteiger partial charge is 0.284 e. The standard InChI is InChI=1S/C22H12Cl2N4O8/c23-19(17-6-4-15(25(29)30)11-21(17)27(33)34)9-13-2-1-3-14(8-13)10-20(24)18-7-5-16(26(31)32)12-22(18)28(35)36/h1-12H/b19-9+,20-10+. The highest BCUT2D eigenvalue weighted by Crippen LogP contribution is 2.35. The predicted octanol–water partition coefficient (Wildman–Crippen LogP) is 6.79. The third kappa shape index (κ3) is 5.87. The predicted molar refractivity (Wildman–Crippen MR) is 133 cm³/mol. The summed E-state index contributed by atoms with van der Waals surface area (Å²) in [6.45, 7) is 0. The summed E-state index contributed by atoms with van der Waals surface area (Å²) in [5.74, 6) is 0. The Morgan fingerprint density at radius 1 is 0.583 bits per heavy atom. The number of hydrogen-bond acceptors (Lipinski definition) is 8. The van der Waals surface area contributed by atoms with E-state index in [9.17, 15) is 40.5 Å². The minimum Gasteiger partial charge on any atom is -0.258 e. The highest BCUT2D eigenvalue weighted by Gasteiger charge is 2.22. The molecular weight excluding hydrogens is 519 g/mol. The molecule has 0 aromatic heterocycles. The van der Waals surface area contributed by atoms with Crippen LogP contribution in [0.3, 0.4) is 0 Å². The van der Waals surface area contributed by atoms with E-state index in [1.165, 1.54) is 24.3 Å². The maximum atomic E-state index is 11.4. The van der Waals surface area contributed by atoms with Crippen molar-refractivity contribution in [1.29, 1.82) is 0 Å². The van der Waals surface area contributed by atoms with Crippen LogP contribution in [0.2, 0.25) is 0 Å². The van der Waals surface area contributed by atoms with Crippen molar-refractivity contribution < 1.29 is 19.7 Å². The van der Waals surface area contributed by atoms with Crippen LogP contribution in [0.1, 0.15) is 22.3 Å². The first-order chi connectivity index (χ1) is 17.0. The summed E-state index contributed by atoms with van der Waals surface area (Å²) in [4.78, 5) is 41.6. The zero-order chi connectivity index (χ0) is 26.6. The van der Waals surface area contributed by atoms with Gasteiger partial charge in [0.05, 0.1) is 53.0 Å². The summed E-state index contributed by atoms with van der Waals surface area (Å²) in [5.41, 5.74) is -1.13. The fourth-order valence-electron chi connectivity index (χ4n) is 3.16. The molecule has 0 radical (unpaired) electrons. The summed E-state index contributed by atoms with van der Waals surface area (Å²) in [7, 11) is 0. The SMILES string of the molecule is O=[N+]([O-])c1ccc(/C(Cl)=C\c2cccc(/C=C(/Cl)c3ccc([N+](=O)[O-])cc3[N+](=O)[O-])c2)c([N+](=O)[O-])c1. The van der Waals surface area contributed by atoms with Gasteiger partial charge in [0.2, 0.25) is 0 Å². The number of nitro groups is 4. The molecule has 0 fully saturated rings. The Morgan fingerprint density at radius 3 is 1.31 bits per heavy atom. The van der Waals surface area contributed by atoms with Gasteiger partial charge in [-0.3, -0.25) is 40.5 Å². The Bertz CT molecular complexity index is 1380. The quantitative estimate of drug-likeness (QED) is 0.173. The zero-order valence-corrected chi connectivity index (χ0v) is 19.3. The normalized spacial score (nSPS) is 11.7. The summed E-state index contributed by atoms with van der Waals surface area (Å²) in [5, 5.41) is 44.5. The molecule has 182 valence electrons. The Kier molecular flexibility index (Phi) is 7.72. The summed E-state index contributed by atoms with van der Waals surface area (Å²) in [6.07, 6.45) is 2.80. The lowest BCUT2D eigenvalue weighted by Crippen LogP contribution is -1.96. The highest BCUT2D eigenvalue weighted by atomic mass is 35.5. The molecular formula is C22H12Cl2N4O8. The van der Waals surface area contributed by atoms with Crippen LogP contribution in [-0.4, -0.2) is 19.7 Å². The van der Waals surface area contributed by atoms with Crippen LogP contribution >= 0.6 is 23.2 Å². The van der Waals surface area contributed by atoms with E-state index in [2.05, 4.69) is 0 Å². The van der Waals surface area contributed by atoms with Crippen LogP contribution in [0.25, 0.3) is 22.2 Å². The average Bonchev–Trinajstić information content (AvgIpc) is 2.83. The Morgan fingerprint density at radius 2 is 0.972 bits per heavy atom. The first-order valence-electron chi connectivity index (χ1n) is 9.69. The van der Waals surface area contributed by atoms with Crippen molar-refractivity contribution in [2.24, 2.45) is 0 Å². The van der Waals surface area contributed by atoms with Gasteiger partial charge in [-0.15, -0.1) is 0 Å². The number of non-ortho nitro benzene ring substituents is 2. The van der Waals surface area contributed by atoms with Crippen LogP contribution in [0.15, 0.2) is 60.7 Å². The van der Waals surface area contributed by atoms with Crippen molar-refractivity contribution >= 4 is 68.2 Å². The minimum atomic E-state index is -0.783. The van der Waals surface area contributed by atoms with E-state index in [4.69, 9.17) is 23.2 Å². The molecule has 0 saturated carbocycles. The van der Waals surface area contributed by atoms with Gasteiger partial charge in [-0.25, -0.2) is 0 Å². The molecule has 14 heteroatoms. The van der Waals surface area contributed by atoms with Crippen LogP contribution in [0, 0.1) is 40.5 Å². The van der Waals surface area contributed by atoms with E-state index in [0.717, 1.165) is 24.3 Å². The van der Waals surface area contributed by atoms with Gasteiger partial charge in [0, 0.05) is 12.1 Å². The summed E-state index contributed by atoms with van der Waals surface area (Å²) < 4.78 is 0. The van der Waals surface area contributed by atoms with Gasteiger partial charge < -0.3 is 0 Å². The van der Waals surface area contributed by atoms with Crippen molar-refractivity contribution in [2.75, 3.05) is 0 Å². The molecule has 0 aliphatic heterocycles. The summed E-state index contributed by atoms with van der Waals surface area (Å²) in [6, 6.07) is 12.6. The third-order valence-electron chi connectivity index (χ3n) is 4.79. The van der Waals surface area contributed by atoms with Gasteiger partial charge in [-0.2, -0.15) is 0 Å². The van der Waals surface area contributed by atoms with Crippen molar-refractivity contribution in [3.05, 3.63) is 123 Å². The van der Waals surface area contributed by atoms with Crippen molar-refractivity contribution in [1.82, 2.24) is 0 Å². The second-order valence-corrected chi connectivity index (χ2v) is 7.90. The number of rotatable bonds is 8. The van der Waals surface area contributed by atoms with Gasteiger partial charge >= 0.3 is 0 Å². The first-order valence-corrected chi connectivity index (χ1v) is 10.4. The molecule has 0 heterocycles. The van der Waals surface area contributed by atoms with E-state index in [1.54, 1.807) is 24.3 Å². The molecule has 3 aromatic carbocycles. The molecule has 36 heavy (non-hydrogen) atoms. The lowest BCUT2D eigenvalue weighted by Gasteiger charge is -2.04. The number of nitrogens with zero attached hydrogens (tertiary/aromatic N) is 4. The second-order valence-electron chi connectivity index (χ2n) is 7.09. The Hall–Kier alpha value is -4.68. The molecule has 0 aliphatic carbocycles. The van der Waals surface area contributed by atoms with Crippen LogP contribution in [0.5, 0.6) is 0 Å². The molecule has 0 saturated heterocycles. The molecule has 0 amide bonds. The lowest BCUT2D eigenvalue weighted by molar-refractivity contribution is -0.394. The van der Waals surface area contributed by atoms with Crippen molar-refractivity contribution in [3.8, 4) is 0 Å². The molecule has 3 rings (SSSR count). The second kappa shape index (κ2) is 10.7. The van der Waals surface area contributed by atoms with Gasteiger partial charge in [0.25, 0.3) is 22.7 Å². The van der Waals surface area contributed by atoms with Gasteiger partial charge in [0.15, 0.2) is 0 Å². The molecule has 0 unspecified atom stereocenters. The van der Waals surface area contributed by atoms with Crippen molar-refractivity contribution in [2.45, 2.75) is 0 Å². The molecule has 3 aromatic rings. The monoisotopic (exact) mass is 530 g/mol. The maximum absolute atomic E-state index is 11.4. The topological polar surface area (TPSA) is 173 Å². The van der Waals surface area contributed by atoms with E-state index >= 15 is 0 Å². The van der Waals surface area contributed by atoms with E-state index < -0.39 is 42.4 Å². The molecule has 12 nitrogen and oxygen atoms in total. The Balaban J connectivity index is 1.99. The van der Waals surface area contributed by atoms with Crippen LogP contribution in [0.4, 0.5) is 22.7 Å². The van der Waals surface area contributed by atoms with E-state index in [0.29, 0.717) is 11.1 Å². The van der Waals surface area contributed by atoms with Crippen LogP contribution in [-0.2, 0) is 0 Å². The van der Waals surface area contributed by atoms with Gasteiger partial charge in [0.1, 0.15) is 0 Å². The van der Waals surface area contributed by atoms with Crippen molar-refractivity contribution in [3.63, 3.8) is 0 Å². The van der Waals surface area contributed by atoms with Crippen LogP contribution < -0.4 is 0 Å². The smallest absolute Gasteiger partial charge is 0.258 e. The zero-order valence-electron chi connectivity index (χ0n) is 17.7. The number of halogens is 2. The first kappa shape index (κ1) is 25.9. The fraction of sp³-hybridized carbons (Fsp3) is 0. The van der Waals surface area contributed by atoms with E-state index in [-0.39, 0.29) is 21.2 Å². The van der Waals surface area contributed by atoms with Gasteiger partial charge in [-0.05, 0) is 41.5 Å². The minimum absolute atomic E-state index is 0.0345. The molecule has 0 bridgehead atoms. The summed E-state index contributed by atoms with van der Waals surface area (Å²) >= 11 is 12.6. The number of nitro benzene ring substituents is 4.